The quantitative estimate of drug-likeness (QED) is 0.665. The molecule has 0 radical (unpaired) electrons. The first kappa shape index (κ1) is 6.37. The molecule has 1 heterocycles. The second-order valence-corrected chi connectivity index (χ2v) is 2.37. The molecule has 1 N–H and O–H groups in total. The van der Waals surface area contributed by atoms with Gasteiger partial charge in [0.05, 0.1) is 6.61 Å². The van der Waals surface area contributed by atoms with E-state index in [2.05, 4.69) is 5.16 Å². The van der Waals surface area contributed by atoms with E-state index in [1.807, 2.05) is 12.1 Å². The highest BCUT2D eigenvalue weighted by Gasteiger charge is 1.97. The third kappa shape index (κ3) is 0.991. The second kappa shape index (κ2) is 2.36. The van der Waals surface area contributed by atoms with Crippen molar-refractivity contribution in [3.63, 3.8) is 0 Å². The lowest BCUT2D eigenvalue weighted by Crippen LogP contribution is -1.80. The number of benzene rings is 1. The molecule has 0 spiro atoms. The Balaban J connectivity index is 2.67. The molecule has 0 amide bonds. The first-order valence-corrected chi connectivity index (χ1v) is 3.34. The van der Waals surface area contributed by atoms with Crippen LogP contribution in [0, 0.1) is 0 Å². The third-order valence-electron chi connectivity index (χ3n) is 1.61. The van der Waals surface area contributed by atoms with E-state index < -0.39 is 0 Å². The average Bonchev–Trinajstić information content (AvgIpc) is 2.50. The first-order chi connectivity index (χ1) is 5.40. The van der Waals surface area contributed by atoms with Crippen LogP contribution in [0.1, 0.15) is 5.56 Å². The Morgan fingerprint density at radius 1 is 1.45 bits per heavy atom. The van der Waals surface area contributed by atoms with Gasteiger partial charge in [-0.1, -0.05) is 11.2 Å². The Kier molecular flexibility index (Phi) is 1.36. The van der Waals surface area contributed by atoms with Crippen LogP contribution in [0.25, 0.3) is 10.9 Å². The molecule has 0 bridgehead atoms. The summed E-state index contributed by atoms with van der Waals surface area (Å²) in [5.41, 5.74) is 1.64. The summed E-state index contributed by atoms with van der Waals surface area (Å²) in [4.78, 5) is 0. The van der Waals surface area contributed by atoms with Gasteiger partial charge in [0.2, 0.25) is 0 Å². The van der Waals surface area contributed by atoms with Gasteiger partial charge in [-0.05, 0) is 17.7 Å². The molecule has 1 aromatic carbocycles. The first-order valence-electron chi connectivity index (χ1n) is 3.34. The maximum atomic E-state index is 8.78. The molecule has 1 aromatic heterocycles. The number of rotatable bonds is 1. The molecule has 0 atom stereocenters. The molecule has 2 aromatic rings. The predicted molar refractivity (Wildman–Crippen MR) is 39.9 cm³/mol. The molecule has 0 aliphatic carbocycles. The minimum atomic E-state index is 0.0444. The van der Waals surface area contributed by atoms with E-state index in [0.717, 1.165) is 16.5 Å². The zero-order valence-electron chi connectivity index (χ0n) is 5.82. The molecular formula is C8H7NO2. The highest BCUT2D eigenvalue weighted by atomic mass is 16.5. The van der Waals surface area contributed by atoms with Crippen LogP contribution in [0.5, 0.6) is 0 Å². The molecule has 0 unspecified atom stereocenters. The van der Waals surface area contributed by atoms with E-state index in [1.54, 1.807) is 12.3 Å². The standard InChI is InChI=1S/C8H7NO2/c10-4-6-1-2-7-5-11-9-8(7)3-6/h1-3,5,10H,4H2. The van der Waals surface area contributed by atoms with Gasteiger partial charge in [-0.25, -0.2) is 0 Å². The summed E-state index contributed by atoms with van der Waals surface area (Å²) < 4.78 is 4.73. The zero-order chi connectivity index (χ0) is 7.68. The van der Waals surface area contributed by atoms with Crippen molar-refractivity contribution in [1.82, 2.24) is 5.16 Å². The smallest absolute Gasteiger partial charge is 0.131 e. The molecule has 0 aliphatic heterocycles. The van der Waals surface area contributed by atoms with Crippen LogP contribution in [-0.4, -0.2) is 10.3 Å². The lowest BCUT2D eigenvalue weighted by Gasteiger charge is -1.91. The Morgan fingerprint density at radius 2 is 2.36 bits per heavy atom. The molecule has 2 rings (SSSR count). The van der Waals surface area contributed by atoms with Crippen LogP contribution in [0.15, 0.2) is 29.0 Å². The monoisotopic (exact) mass is 149 g/mol. The van der Waals surface area contributed by atoms with Crippen molar-refractivity contribution >= 4 is 10.9 Å². The van der Waals surface area contributed by atoms with Crippen molar-refractivity contribution in [2.45, 2.75) is 6.61 Å². The largest absolute Gasteiger partial charge is 0.392 e. The summed E-state index contributed by atoms with van der Waals surface area (Å²) in [6, 6.07) is 5.52. The van der Waals surface area contributed by atoms with Gasteiger partial charge in [-0.3, -0.25) is 0 Å². The molecule has 56 valence electrons. The van der Waals surface area contributed by atoms with E-state index in [-0.39, 0.29) is 6.61 Å². The van der Waals surface area contributed by atoms with E-state index in [0.29, 0.717) is 0 Å². The van der Waals surface area contributed by atoms with Gasteiger partial charge in [0.25, 0.3) is 0 Å². The van der Waals surface area contributed by atoms with Crippen LogP contribution in [0.2, 0.25) is 0 Å². The van der Waals surface area contributed by atoms with Gasteiger partial charge >= 0.3 is 0 Å². The van der Waals surface area contributed by atoms with Crippen molar-refractivity contribution in [2.24, 2.45) is 0 Å². The van der Waals surface area contributed by atoms with Gasteiger partial charge < -0.3 is 9.63 Å². The minimum Gasteiger partial charge on any atom is -0.392 e. The van der Waals surface area contributed by atoms with E-state index in [1.165, 1.54) is 0 Å². The van der Waals surface area contributed by atoms with Gasteiger partial charge in [-0.2, -0.15) is 0 Å². The fourth-order valence-electron chi connectivity index (χ4n) is 1.01. The average molecular weight is 149 g/mol. The van der Waals surface area contributed by atoms with E-state index >= 15 is 0 Å². The highest BCUT2D eigenvalue weighted by molar-refractivity contribution is 5.77. The second-order valence-electron chi connectivity index (χ2n) is 2.37. The molecule has 3 heteroatoms. The lowest BCUT2D eigenvalue weighted by molar-refractivity contribution is 0.282. The fraction of sp³-hybridized carbons (Fsp3) is 0.125. The zero-order valence-corrected chi connectivity index (χ0v) is 5.82. The maximum Gasteiger partial charge on any atom is 0.131 e. The Labute approximate surface area is 63.2 Å². The maximum absolute atomic E-state index is 8.78. The summed E-state index contributed by atoms with van der Waals surface area (Å²) in [5, 5.41) is 13.5. The number of nitrogens with zero attached hydrogens (tertiary/aromatic N) is 1. The van der Waals surface area contributed by atoms with Gasteiger partial charge in [0.15, 0.2) is 0 Å². The molecule has 11 heavy (non-hydrogen) atoms. The van der Waals surface area contributed by atoms with Crippen LogP contribution >= 0.6 is 0 Å². The summed E-state index contributed by atoms with van der Waals surface area (Å²) in [6.45, 7) is 0.0444. The number of hydrogen-bond donors (Lipinski definition) is 1. The Hall–Kier alpha value is -1.35. The summed E-state index contributed by atoms with van der Waals surface area (Å²) in [7, 11) is 0. The summed E-state index contributed by atoms with van der Waals surface area (Å²) in [6.07, 6.45) is 1.58. The van der Waals surface area contributed by atoms with E-state index in [9.17, 15) is 0 Å². The number of hydrogen-bond acceptors (Lipinski definition) is 3. The SMILES string of the molecule is OCc1ccc2conc2c1. The number of aliphatic hydroxyl groups is 1. The van der Waals surface area contributed by atoms with Crippen molar-refractivity contribution in [3.8, 4) is 0 Å². The van der Waals surface area contributed by atoms with Crippen molar-refractivity contribution in [3.05, 3.63) is 30.0 Å². The molecule has 0 aliphatic rings. The minimum absolute atomic E-state index is 0.0444. The summed E-state index contributed by atoms with van der Waals surface area (Å²) in [5.74, 6) is 0. The molecule has 0 saturated heterocycles. The number of aliphatic hydroxyl groups excluding tert-OH is 1. The highest BCUT2D eigenvalue weighted by Crippen LogP contribution is 2.13. The summed E-state index contributed by atoms with van der Waals surface area (Å²) >= 11 is 0. The lowest BCUT2D eigenvalue weighted by atomic mass is 10.2. The third-order valence-corrected chi connectivity index (χ3v) is 1.61. The van der Waals surface area contributed by atoms with Gasteiger partial charge in [0, 0.05) is 5.39 Å². The van der Waals surface area contributed by atoms with Crippen molar-refractivity contribution in [2.75, 3.05) is 0 Å². The molecule has 3 nitrogen and oxygen atoms in total. The normalized spacial score (nSPS) is 10.6. The molecule has 0 saturated carbocycles. The van der Waals surface area contributed by atoms with E-state index in [4.69, 9.17) is 9.63 Å². The fourth-order valence-corrected chi connectivity index (χ4v) is 1.01. The number of aromatic nitrogens is 1. The van der Waals surface area contributed by atoms with Crippen LogP contribution in [-0.2, 0) is 6.61 Å². The molecular weight excluding hydrogens is 142 g/mol. The van der Waals surface area contributed by atoms with Crippen LogP contribution < -0.4 is 0 Å². The predicted octanol–water partition coefficient (Wildman–Crippen LogP) is 1.32. The van der Waals surface area contributed by atoms with Crippen molar-refractivity contribution in [1.29, 1.82) is 0 Å². The van der Waals surface area contributed by atoms with Gasteiger partial charge in [-0.15, -0.1) is 0 Å². The Bertz CT molecular complexity index is 367. The number of fused-ring (bicyclic) bond motifs is 1. The van der Waals surface area contributed by atoms with Crippen LogP contribution in [0.4, 0.5) is 0 Å². The topological polar surface area (TPSA) is 46.3 Å². The van der Waals surface area contributed by atoms with Crippen LogP contribution in [0.3, 0.4) is 0 Å². The van der Waals surface area contributed by atoms with Gasteiger partial charge in [0.1, 0.15) is 11.8 Å². The molecule has 0 fully saturated rings. The van der Waals surface area contributed by atoms with Crippen molar-refractivity contribution < 1.29 is 9.63 Å². The Morgan fingerprint density at radius 3 is 3.18 bits per heavy atom.